The van der Waals surface area contributed by atoms with Crippen molar-refractivity contribution in [1.82, 2.24) is 4.90 Å². The van der Waals surface area contributed by atoms with Gasteiger partial charge >= 0.3 is 6.18 Å². The van der Waals surface area contributed by atoms with Crippen molar-refractivity contribution in [2.24, 2.45) is 0 Å². The van der Waals surface area contributed by atoms with E-state index in [1.807, 2.05) is 19.1 Å². The number of likely N-dealkylation sites (tertiary alicyclic amines) is 1. The Morgan fingerprint density at radius 2 is 1.83 bits per heavy atom. The number of piperazine rings is 1. The Kier molecular flexibility index (Phi) is 4.52. The lowest BCUT2D eigenvalue weighted by Crippen LogP contribution is -2.52. The summed E-state index contributed by atoms with van der Waals surface area (Å²) < 4.78 is 43.6. The normalized spacial score (nSPS) is 21.1. The highest BCUT2D eigenvalue weighted by atomic mass is 19.4. The van der Waals surface area contributed by atoms with Gasteiger partial charge < -0.3 is 14.5 Å². The third-order valence-electron chi connectivity index (χ3n) is 5.48. The second kappa shape index (κ2) is 6.79. The second-order valence-electron chi connectivity index (χ2n) is 7.32. The van der Waals surface area contributed by atoms with Crippen molar-refractivity contribution in [3.8, 4) is 5.75 Å². The molecule has 2 bridgehead atoms. The molecule has 152 valence electrons. The Morgan fingerprint density at radius 3 is 2.41 bits per heavy atom. The number of methoxy groups -OCH3 is 1. The Bertz CT molecular complexity index is 972. The van der Waals surface area contributed by atoms with Crippen molar-refractivity contribution in [2.75, 3.05) is 18.6 Å². The van der Waals surface area contributed by atoms with Gasteiger partial charge in [-0.25, -0.2) is 0 Å². The second-order valence-corrected chi connectivity index (χ2v) is 7.32. The largest absolute Gasteiger partial charge is 0.495 e. The maximum Gasteiger partial charge on any atom is 0.416 e. The summed E-state index contributed by atoms with van der Waals surface area (Å²) in [5, 5.41) is 0. The van der Waals surface area contributed by atoms with Crippen LogP contribution in [0.3, 0.4) is 0 Å². The highest BCUT2D eigenvalue weighted by Gasteiger charge is 2.52. The molecule has 2 aliphatic heterocycles. The number of nitrogens with zero attached hydrogens (tertiary/aromatic N) is 2. The molecular weight excluding hydrogens is 385 g/mol. The number of hydrogen-bond donors (Lipinski definition) is 0. The summed E-state index contributed by atoms with van der Waals surface area (Å²) in [5.41, 5.74) is 0.976. The van der Waals surface area contributed by atoms with E-state index >= 15 is 0 Å². The zero-order valence-electron chi connectivity index (χ0n) is 15.9. The first-order valence-corrected chi connectivity index (χ1v) is 9.16. The summed E-state index contributed by atoms with van der Waals surface area (Å²) >= 11 is 0. The quantitative estimate of drug-likeness (QED) is 0.785. The van der Waals surface area contributed by atoms with Gasteiger partial charge in [0.2, 0.25) is 5.91 Å². The third kappa shape index (κ3) is 3.22. The average molecular weight is 404 g/mol. The number of carbonyl (C=O) groups excluding carboxylic acids is 2. The van der Waals surface area contributed by atoms with Crippen LogP contribution in [0.4, 0.5) is 18.9 Å². The predicted octanol–water partition coefficient (Wildman–Crippen LogP) is 3.65. The molecule has 2 amide bonds. The fourth-order valence-electron chi connectivity index (χ4n) is 4.07. The third-order valence-corrected chi connectivity index (χ3v) is 5.48. The van der Waals surface area contributed by atoms with Crippen LogP contribution in [-0.2, 0) is 11.0 Å². The fraction of sp³-hybridized carbons (Fsp3) is 0.333. The van der Waals surface area contributed by atoms with E-state index in [2.05, 4.69) is 0 Å². The number of aryl methyl sites for hydroxylation is 1. The van der Waals surface area contributed by atoms with Gasteiger partial charge in [0.1, 0.15) is 11.8 Å². The van der Waals surface area contributed by atoms with Crippen molar-refractivity contribution in [1.29, 1.82) is 0 Å². The monoisotopic (exact) mass is 404 g/mol. The van der Waals surface area contributed by atoms with Gasteiger partial charge in [-0.2, -0.15) is 13.2 Å². The zero-order valence-corrected chi connectivity index (χ0v) is 15.9. The summed E-state index contributed by atoms with van der Waals surface area (Å²) in [6.45, 7) is 2.25. The van der Waals surface area contributed by atoms with Crippen LogP contribution in [0.2, 0.25) is 0 Å². The number of anilines is 1. The van der Waals surface area contributed by atoms with E-state index in [9.17, 15) is 22.8 Å². The molecule has 0 N–H and O–H groups in total. The van der Waals surface area contributed by atoms with Crippen molar-refractivity contribution in [3.05, 3.63) is 59.2 Å². The molecule has 0 saturated carbocycles. The molecule has 0 spiro atoms. The number of ether oxygens (including phenoxy) is 1. The molecule has 2 heterocycles. The maximum absolute atomic E-state index is 13.0. The minimum atomic E-state index is -4.46. The molecular formula is C21H19F3N2O3. The minimum Gasteiger partial charge on any atom is -0.495 e. The van der Waals surface area contributed by atoms with Crippen molar-refractivity contribution >= 4 is 17.5 Å². The first-order valence-electron chi connectivity index (χ1n) is 9.16. The van der Waals surface area contributed by atoms with Crippen LogP contribution in [0.15, 0.2) is 42.5 Å². The molecule has 0 radical (unpaired) electrons. The molecule has 4 rings (SSSR count). The smallest absolute Gasteiger partial charge is 0.416 e. The molecule has 2 aliphatic rings. The van der Waals surface area contributed by atoms with Crippen LogP contribution >= 0.6 is 0 Å². The van der Waals surface area contributed by atoms with E-state index in [-0.39, 0.29) is 17.5 Å². The lowest BCUT2D eigenvalue weighted by molar-refractivity contribution is -0.137. The van der Waals surface area contributed by atoms with Gasteiger partial charge in [-0.15, -0.1) is 0 Å². The first kappa shape index (κ1) is 19.3. The van der Waals surface area contributed by atoms with Gasteiger partial charge in [-0.3, -0.25) is 9.59 Å². The van der Waals surface area contributed by atoms with Crippen molar-refractivity contribution in [3.63, 3.8) is 0 Å². The Morgan fingerprint density at radius 1 is 1.14 bits per heavy atom. The van der Waals surface area contributed by atoms with E-state index in [4.69, 9.17) is 4.74 Å². The number of alkyl halides is 3. The van der Waals surface area contributed by atoms with Gasteiger partial charge in [-0.1, -0.05) is 6.07 Å². The number of rotatable bonds is 3. The van der Waals surface area contributed by atoms with Crippen LogP contribution in [0, 0.1) is 6.92 Å². The summed E-state index contributed by atoms with van der Waals surface area (Å²) in [5.74, 6) is -0.0574. The molecule has 8 heteroatoms. The summed E-state index contributed by atoms with van der Waals surface area (Å²) in [6, 6.07) is 8.82. The molecule has 0 aliphatic carbocycles. The Hall–Kier alpha value is -3.03. The maximum atomic E-state index is 13.0. The van der Waals surface area contributed by atoms with Gasteiger partial charge in [-0.05, 0) is 55.3 Å². The molecule has 2 aromatic carbocycles. The van der Waals surface area contributed by atoms with Crippen LogP contribution in [0.5, 0.6) is 5.75 Å². The first-order chi connectivity index (χ1) is 13.7. The van der Waals surface area contributed by atoms with Crippen molar-refractivity contribution in [2.45, 2.75) is 31.6 Å². The topological polar surface area (TPSA) is 49.9 Å². The number of fused-ring (bicyclic) bond motifs is 2. The fourth-order valence-corrected chi connectivity index (χ4v) is 4.07. The molecule has 5 nitrogen and oxygen atoms in total. The van der Waals surface area contributed by atoms with Crippen LogP contribution in [0.25, 0.3) is 0 Å². The minimum absolute atomic E-state index is 0.137. The highest BCUT2D eigenvalue weighted by Crippen LogP contribution is 2.41. The van der Waals surface area contributed by atoms with Gasteiger partial charge in [0.05, 0.1) is 24.4 Å². The van der Waals surface area contributed by atoms with E-state index in [0.717, 1.165) is 29.8 Å². The zero-order chi connectivity index (χ0) is 20.9. The van der Waals surface area contributed by atoms with E-state index in [1.165, 1.54) is 12.0 Å². The molecule has 2 fully saturated rings. The average Bonchev–Trinajstić information content (AvgIpc) is 3.25. The summed E-state index contributed by atoms with van der Waals surface area (Å²) in [4.78, 5) is 28.9. The molecule has 0 unspecified atom stereocenters. The van der Waals surface area contributed by atoms with Crippen LogP contribution in [0.1, 0.15) is 27.9 Å². The molecule has 2 atom stereocenters. The highest BCUT2D eigenvalue weighted by molar-refractivity contribution is 6.07. The number of carbonyl (C=O) groups is 2. The lowest BCUT2D eigenvalue weighted by Gasteiger charge is -2.34. The van der Waals surface area contributed by atoms with E-state index in [0.29, 0.717) is 24.4 Å². The molecule has 2 saturated heterocycles. The number of halogens is 3. The van der Waals surface area contributed by atoms with E-state index < -0.39 is 23.7 Å². The molecule has 29 heavy (non-hydrogen) atoms. The van der Waals surface area contributed by atoms with Gasteiger partial charge in [0.15, 0.2) is 0 Å². The van der Waals surface area contributed by atoms with E-state index in [1.54, 1.807) is 11.0 Å². The molecule has 0 aromatic heterocycles. The van der Waals surface area contributed by atoms with Crippen molar-refractivity contribution < 1.29 is 27.5 Å². The van der Waals surface area contributed by atoms with Crippen LogP contribution < -0.4 is 9.64 Å². The number of amides is 2. The Balaban J connectivity index is 1.56. The van der Waals surface area contributed by atoms with Crippen LogP contribution in [-0.4, -0.2) is 42.5 Å². The predicted molar refractivity (Wildman–Crippen MR) is 99.9 cm³/mol. The van der Waals surface area contributed by atoms with Gasteiger partial charge in [0.25, 0.3) is 5.91 Å². The SMILES string of the molecule is COc1ccc(C)cc1N1C(=O)[C@@H]2C[C@H]1CN2C(=O)c1ccc(C(F)(F)F)cc1. The molecule has 2 aromatic rings. The summed E-state index contributed by atoms with van der Waals surface area (Å²) in [7, 11) is 1.54. The number of hydrogen-bond acceptors (Lipinski definition) is 3. The summed E-state index contributed by atoms with van der Waals surface area (Å²) in [6.07, 6.45) is -3.97. The standard InChI is InChI=1S/C21H19F3N2O3/c1-12-3-8-18(29-2)16(9-12)26-15-10-17(20(26)28)25(11-15)19(27)13-4-6-14(7-5-13)21(22,23)24/h3-9,15,17H,10-11H2,1-2H3/t15-,17-/m0/s1. The van der Waals surface area contributed by atoms with Gasteiger partial charge in [0, 0.05) is 12.1 Å². The Labute approximate surface area is 165 Å². The number of benzene rings is 2. The lowest BCUT2D eigenvalue weighted by atomic mass is 10.1.